The molecule has 0 spiro atoms. The minimum atomic E-state index is -1.10. The van der Waals surface area contributed by atoms with Gasteiger partial charge in [-0.25, -0.2) is 0 Å². The Labute approximate surface area is 107 Å². The highest BCUT2D eigenvalue weighted by Gasteiger charge is 2.23. The normalized spacial score (nSPS) is 10.9. The van der Waals surface area contributed by atoms with Crippen molar-refractivity contribution < 1.29 is 24.2 Å². The smallest absolute Gasteiger partial charge is 0.323 e. The van der Waals surface area contributed by atoms with E-state index in [0.29, 0.717) is 13.0 Å². The zero-order valence-corrected chi connectivity index (χ0v) is 11.4. The first-order valence-electron chi connectivity index (χ1n) is 5.87. The molecule has 0 atom stereocenters. The van der Waals surface area contributed by atoms with Gasteiger partial charge in [-0.3, -0.25) is 14.4 Å². The van der Waals surface area contributed by atoms with Gasteiger partial charge < -0.3 is 14.7 Å². The summed E-state index contributed by atoms with van der Waals surface area (Å²) in [7, 11) is 0. The van der Waals surface area contributed by atoms with Crippen LogP contribution < -0.4 is 0 Å². The Kier molecular flexibility index (Phi) is 6.36. The number of carbonyl (C=O) groups is 3. The van der Waals surface area contributed by atoms with E-state index in [2.05, 4.69) is 0 Å². The molecular weight excluding hydrogens is 238 g/mol. The molecule has 18 heavy (non-hydrogen) atoms. The lowest BCUT2D eigenvalue weighted by Gasteiger charge is -2.22. The molecule has 0 aromatic rings. The molecule has 0 fully saturated rings. The van der Waals surface area contributed by atoms with E-state index in [-0.39, 0.29) is 0 Å². The Balaban J connectivity index is 4.41. The molecule has 0 aromatic carbocycles. The van der Waals surface area contributed by atoms with Gasteiger partial charge in [-0.15, -0.1) is 0 Å². The quantitative estimate of drug-likeness (QED) is 0.569. The number of hydrogen-bond acceptors (Lipinski definition) is 4. The van der Waals surface area contributed by atoms with Crippen LogP contribution in [0, 0.1) is 0 Å². The fourth-order valence-corrected chi connectivity index (χ4v) is 1.34. The van der Waals surface area contributed by atoms with Crippen LogP contribution >= 0.6 is 0 Å². The van der Waals surface area contributed by atoms with Crippen LogP contribution in [0.4, 0.5) is 0 Å². The molecule has 0 aliphatic heterocycles. The highest BCUT2D eigenvalue weighted by molar-refractivity contribution is 5.95. The molecule has 0 heterocycles. The maximum atomic E-state index is 11.7. The largest absolute Gasteiger partial charge is 0.480 e. The second-order valence-electron chi connectivity index (χ2n) is 4.97. The van der Waals surface area contributed by atoms with Crippen molar-refractivity contribution in [3.05, 3.63) is 0 Å². The number of amides is 1. The SMILES string of the molecule is CCCN(CC(=O)O)C(=O)CC(=O)OC(C)(C)C. The molecule has 0 radical (unpaired) electrons. The fraction of sp³-hybridized carbons (Fsp3) is 0.750. The molecule has 1 N–H and O–H groups in total. The van der Waals surface area contributed by atoms with Crippen LogP contribution in [0.25, 0.3) is 0 Å². The van der Waals surface area contributed by atoms with Gasteiger partial charge in [-0.05, 0) is 27.2 Å². The zero-order chi connectivity index (χ0) is 14.3. The van der Waals surface area contributed by atoms with Crippen molar-refractivity contribution in [3.8, 4) is 0 Å². The standard InChI is InChI=1S/C12H21NO5/c1-5-6-13(8-10(15)16)9(14)7-11(17)18-12(2,3)4/h5-8H2,1-4H3,(H,15,16). The van der Waals surface area contributed by atoms with Gasteiger partial charge >= 0.3 is 11.9 Å². The van der Waals surface area contributed by atoms with Crippen molar-refractivity contribution in [3.63, 3.8) is 0 Å². The number of carboxylic acids is 1. The van der Waals surface area contributed by atoms with Gasteiger partial charge in [0.15, 0.2) is 0 Å². The Hall–Kier alpha value is -1.59. The van der Waals surface area contributed by atoms with Crippen LogP contribution in [-0.2, 0) is 19.1 Å². The molecule has 0 aliphatic carbocycles. The monoisotopic (exact) mass is 259 g/mol. The van der Waals surface area contributed by atoms with Crippen molar-refractivity contribution in [1.29, 1.82) is 0 Å². The molecule has 0 aromatic heterocycles. The maximum Gasteiger partial charge on any atom is 0.323 e. The third kappa shape index (κ3) is 7.65. The van der Waals surface area contributed by atoms with Crippen LogP contribution in [0.5, 0.6) is 0 Å². The minimum Gasteiger partial charge on any atom is -0.480 e. The minimum absolute atomic E-state index is 0.313. The number of carbonyl (C=O) groups excluding carboxylic acids is 2. The lowest BCUT2D eigenvalue weighted by Crippen LogP contribution is -2.38. The van der Waals surface area contributed by atoms with E-state index in [1.807, 2.05) is 6.92 Å². The summed E-state index contributed by atoms with van der Waals surface area (Å²) in [6, 6.07) is 0. The second kappa shape index (κ2) is 6.98. The summed E-state index contributed by atoms with van der Waals surface area (Å²) in [6.07, 6.45) is 0.206. The first-order valence-corrected chi connectivity index (χ1v) is 5.87. The molecule has 104 valence electrons. The summed E-state index contributed by atoms with van der Waals surface area (Å²) in [5, 5.41) is 8.67. The van der Waals surface area contributed by atoms with Crippen molar-refractivity contribution in [1.82, 2.24) is 4.90 Å². The molecule has 6 nitrogen and oxygen atoms in total. The first-order chi connectivity index (χ1) is 8.15. The first kappa shape index (κ1) is 16.4. The van der Waals surface area contributed by atoms with Gasteiger partial charge in [0.05, 0.1) is 0 Å². The molecule has 0 bridgehead atoms. The van der Waals surface area contributed by atoms with Crippen LogP contribution in [0.3, 0.4) is 0 Å². The average molecular weight is 259 g/mol. The number of carboxylic acid groups (broad SMARTS) is 1. The topological polar surface area (TPSA) is 83.9 Å². The van der Waals surface area contributed by atoms with Gasteiger partial charge in [0.2, 0.25) is 5.91 Å². The van der Waals surface area contributed by atoms with E-state index < -0.39 is 36.4 Å². The molecule has 0 aliphatic rings. The Morgan fingerprint density at radius 3 is 2.17 bits per heavy atom. The van der Waals surface area contributed by atoms with Crippen LogP contribution in [0.2, 0.25) is 0 Å². The molecule has 0 rings (SSSR count). The molecular formula is C12H21NO5. The van der Waals surface area contributed by atoms with Crippen LogP contribution in [-0.4, -0.2) is 46.5 Å². The Morgan fingerprint density at radius 2 is 1.78 bits per heavy atom. The summed E-state index contributed by atoms with van der Waals surface area (Å²) in [5.41, 5.74) is -0.653. The van der Waals surface area contributed by atoms with Gasteiger partial charge in [0.25, 0.3) is 0 Å². The summed E-state index contributed by atoms with van der Waals surface area (Å²) in [6.45, 7) is 6.86. The van der Waals surface area contributed by atoms with Gasteiger partial charge in [-0.2, -0.15) is 0 Å². The van der Waals surface area contributed by atoms with E-state index in [1.165, 1.54) is 0 Å². The van der Waals surface area contributed by atoms with Crippen molar-refractivity contribution in [2.24, 2.45) is 0 Å². The Morgan fingerprint density at radius 1 is 1.22 bits per heavy atom. The van der Waals surface area contributed by atoms with E-state index in [0.717, 1.165) is 4.90 Å². The van der Waals surface area contributed by atoms with Crippen molar-refractivity contribution in [2.45, 2.75) is 46.1 Å². The molecule has 1 amide bonds. The van der Waals surface area contributed by atoms with E-state index in [9.17, 15) is 14.4 Å². The van der Waals surface area contributed by atoms with Gasteiger partial charge in [0.1, 0.15) is 18.6 Å². The number of hydrogen-bond donors (Lipinski definition) is 1. The van der Waals surface area contributed by atoms with Gasteiger partial charge in [-0.1, -0.05) is 6.92 Å². The summed E-state index contributed by atoms with van der Waals surface area (Å²) in [4.78, 5) is 34.9. The van der Waals surface area contributed by atoms with Crippen LogP contribution in [0.15, 0.2) is 0 Å². The van der Waals surface area contributed by atoms with Crippen LogP contribution in [0.1, 0.15) is 40.5 Å². The summed E-state index contributed by atoms with van der Waals surface area (Å²) < 4.78 is 5.01. The molecule has 0 unspecified atom stereocenters. The summed E-state index contributed by atoms with van der Waals surface area (Å²) in [5.74, 6) is -2.26. The molecule has 0 saturated carbocycles. The number of esters is 1. The maximum absolute atomic E-state index is 11.7. The van der Waals surface area contributed by atoms with Gasteiger partial charge in [0, 0.05) is 6.54 Å². The zero-order valence-electron chi connectivity index (χ0n) is 11.4. The predicted molar refractivity (Wildman–Crippen MR) is 65.0 cm³/mol. The van der Waals surface area contributed by atoms with E-state index in [1.54, 1.807) is 20.8 Å². The van der Waals surface area contributed by atoms with Crippen molar-refractivity contribution in [2.75, 3.05) is 13.1 Å². The third-order valence-electron chi connectivity index (χ3n) is 1.89. The van der Waals surface area contributed by atoms with E-state index in [4.69, 9.17) is 9.84 Å². The average Bonchev–Trinajstić information content (AvgIpc) is 2.12. The Bertz CT molecular complexity index is 319. The number of ether oxygens (including phenoxy) is 1. The fourth-order valence-electron chi connectivity index (χ4n) is 1.34. The predicted octanol–water partition coefficient (Wildman–Crippen LogP) is 1.04. The highest BCUT2D eigenvalue weighted by Crippen LogP contribution is 2.09. The number of aliphatic carboxylic acids is 1. The number of nitrogens with zero attached hydrogens (tertiary/aromatic N) is 1. The molecule has 6 heteroatoms. The summed E-state index contributed by atoms with van der Waals surface area (Å²) >= 11 is 0. The number of rotatable bonds is 6. The third-order valence-corrected chi connectivity index (χ3v) is 1.89. The van der Waals surface area contributed by atoms with E-state index >= 15 is 0 Å². The highest BCUT2D eigenvalue weighted by atomic mass is 16.6. The molecule has 0 saturated heterocycles. The second-order valence-corrected chi connectivity index (χ2v) is 4.97. The van der Waals surface area contributed by atoms with Crippen molar-refractivity contribution >= 4 is 17.8 Å². The lowest BCUT2D eigenvalue weighted by molar-refractivity contribution is -0.159. The lowest BCUT2D eigenvalue weighted by atomic mass is 10.2.